The number of hydrogen-bond donors (Lipinski definition) is 0. The van der Waals surface area contributed by atoms with E-state index >= 15 is 0 Å². The molecule has 0 radical (unpaired) electrons. The van der Waals surface area contributed by atoms with Crippen molar-refractivity contribution in [3.63, 3.8) is 0 Å². The zero-order valence-electron chi connectivity index (χ0n) is 9.52. The van der Waals surface area contributed by atoms with E-state index < -0.39 is 0 Å². The molecule has 15 heavy (non-hydrogen) atoms. The molecule has 1 fully saturated rings. The van der Waals surface area contributed by atoms with Crippen molar-refractivity contribution in [1.29, 1.82) is 0 Å². The van der Waals surface area contributed by atoms with Gasteiger partial charge in [-0.05, 0) is 19.4 Å². The van der Waals surface area contributed by atoms with Crippen LogP contribution in [-0.2, 0) is 11.3 Å². The van der Waals surface area contributed by atoms with Crippen molar-refractivity contribution in [3.05, 3.63) is 35.9 Å². The highest BCUT2D eigenvalue weighted by molar-refractivity contribution is 5.13. The molecule has 1 aromatic rings. The van der Waals surface area contributed by atoms with Gasteiger partial charge >= 0.3 is 0 Å². The molecule has 0 bridgehead atoms. The summed E-state index contributed by atoms with van der Waals surface area (Å²) >= 11 is 0. The molecule has 0 atom stereocenters. The van der Waals surface area contributed by atoms with E-state index in [2.05, 4.69) is 43.0 Å². The molecule has 0 saturated carbocycles. The van der Waals surface area contributed by atoms with Gasteiger partial charge < -0.3 is 4.74 Å². The maximum Gasteiger partial charge on any atom is 0.0833 e. The second kappa shape index (κ2) is 4.77. The van der Waals surface area contributed by atoms with Crippen LogP contribution in [-0.4, -0.2) is 30.1 Å². The summed E-state index contributed by atoms with van der Waals surface area (Å²) in [6, 6.07) is 11.0. The Kier molecular flexibility index (Phi) is 3.39. The third kappa shape index (κ3) is 2.80. The minimum Gasteiger partial charge on any atom is -0.371 e. The molecule has 82 valence electrons. The summed E-state index contributed by atoms with van der Waals surface area (Å²) in [5, 5.41) is 0. The fourth-order valence-electron chi connectivity index (χ4n) is 1.79. The number of hydrogen-bond acceptors (Lipinski definition) is 2. The zero-order chi connectivity index (χ0) is 10.7. The molecular weight excluding hydrogens is 186 g/mol. The molecule has 1 aliphatic heterocycles. The van der Waals surface area contributed by atoms with E-state index in [1.54, 1.807) is 0 Å². The van der Waals surface area contributed by atoms with E-state index in [4.69, 9.17) is 4.74 Å². The molecule has 0 unspecified atom stereocenters. The topological polar surface area (TPSA) is 12.5 Å². The van der Waals surface area contributed by atoms with Gasteiger partial charge in [-0.1, -0.05) is 30.3 Å². The van der Waals surface area contributed by atoms with Gasteiger partial charge in [-0.15, -0.1) is 0 Å². The first-order valence-corrected chi connectivity index (χ1v) is 5.65. The summed E-state index contributed by atoms with van der Waals surface area (Å²) in [5.74, 6) is 0. The van der Waals surface area contributed by atoms with E-state index in [1.807, 2.05) is 6.07 Å². The number of ether oxygens (including phenoxy) is 1. The molecule has 0 aromatic heterocycles. The Balaban J connectivity index is 1.69. The van der Waals surface area contributed by atoms with E-state index in [9.17, 15) is 0 Å². The van der Waals surface area contributed by atoms with Crippen LogP contribution < -0.4 is 0 Å². The Bertz CT molecular complexity index is 291. The van der Waals surface area contributed by atoms with Crippen molar-refractivity contribution in [2.75, 3.05) is 13.1 Å². The summed E-state index contributed by atoms with van der Waals surface area (Å²) in [4.78, 5) is 2.43. The first-order chi connectivity index (χ1) is 7.25. The number of benzene rings is 1. The normalized spacial score (nSPS) is 18.1. The van der Waals surface area contributed by atoms with E-state index in [-0.39, 0.29) is 0 Å². The molecule has 1 aliphatic rings. The number of likely N-dealkylation sites (tertiary alicyclic amines) is 1. The molecule has 1 heterocycles. The molecule has 0 aliphatic carbocycles. The lowest BCUT2D eigenvalue weighted by atomic mass is 10.1. The standard InChI is InChI=1S/C13H19NO/c1-11(2)14-8-13(9-14)15-10-12-6-4-3-5-7-12/h3-7,11,13H,8-10H2,1-2H3. The lowest BCUT2D eigenvalue weighted by Crippen LogP contribution is -2.54. The molecule has 0 amide bonds. The third-order valence-corrected chi connectivity index (χ3v) is 2.94. The molecule has 2 heteroatoms. The summed E-state index contributed by atoms with van der Waals surface area (Å²) in [5.41, 5.74) is 1.26. The van der Waals surface area contributed by atoms with Gasteiger partial charge in [0.15, 0.2) is 0 Å². The smallest absolute Gasteiger partial charge is 0.0833 e. The second-order valence-corrected chi connectivity index (χ2v) is 4.47. The quantitative estimate of drug-likeness (QED) is 0.748. The minimum atomic E-state index is 0.438. The van der Waals surface area contributed by atoms with Gasteiger partial charge in [0.2, 0.25) is 0 Å². The largest absolute Gasteiger partial charge is 0.371 e. The van der Waals surface area contributed by atoms with Crippen LogP contribution in [0.3, 0.4) is 0 Å². The fraction of sp³-hybridized carbons (Fsp3) is 0.538. The van der Waals surface area contributed by atoms with E-state index in [0.717, 1.165) is 19.7 Å². The average molecular weight is 205 g/mol. The van der Waals surface area contributed by atoms with Crippen LogP contribution in [0.25, 0.3) is 0 Å². The molecule has 2 rings (SSSR count). The maximum atomic E-state index is 5.80. The van der Waals surface area contributed by atoms with Gasteiger partial charge in [0.25, 0.3) is 0 Å². The SMILES string of the molecule is CC(C)N1CC(OCc2ccccc2)C1. The lowest BCUT2D eigenvalue weighted by Gasteiger charge is -2.41. The van der Waals surface area contributed by atoms with Crippen molar-refractivity contribution in [2.45, 2.75) is 32.6 Å². The van der Waals surface area contributed by atoms with Gasteiger partial charge in [0.05, 0.1) is 12.7 Å². The predicted octanol–water partition coefficient (Wildman–Crippen LogP) is 2.30. The Morgan fingerprint density at radius 2 is 1.93 bits per heavy atom. The Labute approximate surface area is 91.9 Å². The van der Waals surface area contributed by atoms with Crippen LogP contribution in [0.2, 0.25) is 0 Å². The van der Waals surface area contributed by atoms with Crippen molar-refractivity contribution in [2.24, 2.45) is 0 Å². The van der Waals surface area contributed by atoms with Crippen molar-refractivity contribution >= 4 is 0 Å². The fourth-order valence-corrected chi connectivity index (χ4v) is 1.79. The monoisotopic (exact) mass is 205 g/mol. The van der Waals surface area contributed by atoms with Crippen molar-refractivity contribution in [1.82, 2.24) is 4.90 Å². The van der Waals surface area contributed by atoms with Crippen LogP contribution in [0.15, 0.2) is 30.3 Å². The highest BCUT2D eigenvalue weighted by Crippen LogP contribution is 2.16. The molecule has 2 nitrogen and oxygen atoms in total. The molecule has 1 aromatic carbocycles. The average Bonchev–Trinajstić information content (AvgIpc) is 2.16. The molecule has 0 spiro atoms. The first-order valence-electron chi connectivity index (χ1n) is 5.65. The molecule has 0 N–H and O–H groups in total. The van der Waals surface area contributed by atoms with Gasteiger partial charge in [0.1, 0.15) is 0 Å². The highest BCUT2D eigenvalue weighted by Gasteiger charge is 2.28. The van der Waals surface area contributed by atoms with Crippen LogP contribution in [0.1, 0.15) is 19.4 Å². The van der Waals surface area contributed by atoms with Crippen LogP contribution >= 0.6 is 0 Å². The van der Waals surface area contributed by atoms with Gasteiger partial charge in [-0.25, -0.2) is 0 Å². The maximum absolute atomic E-state index is 5.80. The summed E-state index contributed by atoms with van der Waals surface area (Å²) in [6.07, 6.45) is 0.438. The van der Waals surface area contributed by atoms with Gasteiger partial charge in [0, 0.05) is 19.1 Å². The summed E-state index contributed by atoms with van der Waals surface area (Å²) in [6.45, 7) is 7.38. The molecule has 1 saturated heterocycles. The summed E-state index contributed by atoms with van der Waals surface area (Å²) < 4.78 is 5.80. The van der Waals surface area contributed by atoms with Gasteiger partial charge in [-0.3, -0.25) is 4.90 Å². The van der Waals surface area contributed by atoms with Crippen LogP contribution in [0, 0.1) is 0 Å². The summed E-state index contributed by atoms with van der Waals surface area (Å²) in [7, 11) is 0. The van der Waals surface area contributed by atoms with E-state index in [1.165, 1.54) is 5.56 Å². The first kappa shape index (κ1) is 10.7. The highest BCUT2D eigenvalue weighted by atomic mass is 16.5. The number of nitrogens with zero attached hydrogens (tertiary/aromatic N) is 1. The van der Waals surface area contributed by atoms with Crippen LogP contribution in [0.5, 0.6) is 0 Å². The Hall–Kier alpha value is -0.860. The lowest BCUT2D eigenvalue weighted by molar-refractivity contribution is -0.0739. The number of rotatable bonds is 4. The van der Waals surface area contributed by atoms with E-state index in [0.29, 0.717) is 12.1 Å². The second-order valence-electron chi connectivity index (χ2n) is 4.47. The van der Waals surface area contributed by atoms with Gasteiger partial charge in [-0.2, -0.15) is 0 Å². The third-order valence-electron chi connectivity index (χ3n) is 2.94. The molecular formula is C13H19NO. The van der Waals surface area contributed by atoms with Crippen molar-refractivity contribution in [3.8, 4) is 0 Å². The predicted molar refractivity (Wildman–Crippen MR) is 61.7 cm³/mol. The van der Waals surface area contributed by atoms with Crippen LogP contribution in [0.4, 0.5) is 0 Å². The van der Waals surface area contributed by atoms with Crippen molar-refractivity contribution < 1.29 is 4.74 Å². The Morgan fingerprint density at radius 1 is 1.27 bits per heavy atom. The minimum absolute atomic E-state index is 0.438. The Morgan fingerprint density at radius 3 is 2.53 bits per heavy atom. The zero-order valence-corrected chi connectivity index (χ0v) is 9.52.